The standard InChI is InChI=1S/C32H36O2Si/c1-5-24(2)31(35(3,4)27-16-7-6-8-17-27)23-32(33)34-21-13-20-30-28-18-11-9-14-25(28)22-26-15-10-12-19-29(26)30/h5-12,14-19,22,31H,13,20-21,23H2,1-4H3/b24-5+/t31-/m0/s1. The van der Waals surface area contributed by atoms with Crippen molar-refractivity contribution in [2.75, 3.05) is 6.61 Å². The monoisotopic (exact) mass is 480 g/mol. The summed E-state index contributed by atoms with van der Waals surface area (Å²) < 4.78 is 5.80. The van der Waals surface area contributed by atoms with Crippen molar-refractivity contribution < 1.29 is 9.53 Å². The maximum Gasteiger partial charge on any atom is 0.306 e. The lowest BCUT2D eigenvalue weighted by Gasteiger charge is -2.33. The van der Waals surface area contributed by atoms with Crippen LogP contribution >= 0.6 is 0 Å². The second-order valence-corrected chi connectivity index (χ2v) is 14.7. The normalized spacial score (nSPS) is 13.2. The summed E-state index contributed by atoms with van der Waals surface area (Å²) in [4.78, 5) is 13.0. The summed E-state index contributed by atoms with van der Waals surface area (Å²) in [6.45, 7) is 9.39. The van der Waals surface area contributed by atoms with Crippen LogP contribution in [0, 0.1) is 0 Å². The highest BCUT2D eigenvalue weighted by molar-refractivity contribution is 6.91. The molecule has 1 atom stereocenters. The average Bonchev–Trinajstić information content (AvgIpc) is 2.89. The molecule has 0 amide bonds. The third-order valence-corrected chi connectivity index (χ3v) is 11.7. The Bertz CT molecular complexity index is 1280. The lowest BCUT2D eigenvalue weighted by atomic mass is 9.94. The van der Waals surface area contributed by atoms with E-state index in [1.807, 2.05) is 0 Å². The first-order chi connectivity index (χ1) is 16.9. The molecule has 0 heterocycles. The van der Waals surface area contributed by atoms with Gasteiger partial charge in [0.25, 0.3) is 0 Å². The first kappa shape index (κ1) is 24.9. The molecule has 2 nitrogen and oxygen atoms in total. The third kappa shape index (κ3) is 5.57. The molecule has 4 rings (SSSR count). The number of benzene rings is 4. The van der Waals surface area contributed by atoms with Gasteiger partial charge in [-0.15, -0.1) is 0 Å². The number of carbonyl (C=O) groups is 1. The number of rotatable bonds is 9. The molecule has 0 aromatic heterocycles. The molecule has 180 valence electrons. The van der Waals surface area contributed by atoms with E-state index >= 15 is 0 Å². The SMILES string of the molecule is C/C=C(\C)[C@H](CC(=O)OCCCc1c2ccccc2cc2ccccc12)[Si](C)(C)c1ccccc1. The van der Waals surface area contributed by atoms with Crippen molar-refractivity contribution in [2.45, 2.75) is 51.7 Å². The van der Waals surface area contributed by atoms with Gasteiger partial charge >= 0.3 is 5.97 Å². The summed E-state index contributed by atoms with van der Waals surface area (Å²) in [6.07, 6.45) is 4.30. The molecule has 0 saturated heterocycles. The molecule has 4 aromatic rings. The van der Waals surface area contributed by atoms with E-state index in [0.29, 0.717) is 13.0 Å². The van der Waals surface area contributed by atoms with E-state index in [2.05, 4.69) is 118 Å². The number of hydrogen-bond donors (Lipinski definition) is 0. The second-order valence-electron chi connectivity index (χ2n) is 10.00. The van der Waals surface area contributed by atoms with Crippen molar-refractivity contribution in [2.24, 2.45) is 0 Å². The maximum atomic E-state index is 13.0. The van der Waals surface area contributed by atoms with Gasteiger partial charge in [0.2, 0.25) is 0 Å². The zero-order valence-corrected chi connectivity index (χ0v) is 22.4. The van der Waals surface area contributed by atoms with E-state index in [9.17, 15) is 4.79 Å². The van der Waals surface area contributed by atoms with Crippen LogP contribution in [-0.4, -0.2) is 20.7 Å². The van der Waals surface area contributed by atoms with Crippen LogP contribution in [0.4, 0.5) is 0 Å². The lowest BCUT2D eigenvalue weighted by Crippen LogP contribution is -2.47. The van der Waals surface area contributed by atoms with E-state index in [0.717, 1.165) is 12.8 Å². The minimum atomic E-state index is -1.89. The molecular weight excluding hydrogens is 444 g/mol. The molecule has 35 heavy (non-hydrogen) atoms. The minimum absolute atomic E-state index is 0.0875. The first-order valence-electron chi connectivity index (χ1n) is 12.6. The van der Waals surface area contributed by atoms with Crippen molar-refractivity contribution in [3.63, 3.8) is 0 Å². The van der Waals surface area contributed by atoms with Crippen LogP contribution in [0.1, 0.15) is 32.3 Å². The summed E-state index contributed by atoms with van der Waals surface area (Å²) in [5.41, 5.74) is 2.85. The van der Waals surface area contributed by atoms with Gasteiger partial charge in [-0.25, -0.2) is 0 Å². The van der Waals surface area contributed by atoms with Crippen LogP contribution in [0.5, 0.6) is 0 Å². The minimum Gasteiger partial charge on any atom is -0.466 e. The molecule has 0 radical (unpaired) electrons. The molecule has 0 aliphatic rings. The molecule has 0 unspecified atom stereocenters. The Morgan fingerprint density at radius 3 is 2.06 bits per heavy atom. The van der Waals surface area contributed by atoms with Crippen LogP contribution in [0.2, 0.25) is 18.6 Å². The van der Waals surface area contributed by atoms with Crippen molar-refractivity contribution in [1.82, 2.24) is 0 Å². The Kier molecular flexibility index (Phi) is 7.87. The summed E-state index contributed by atoms with van der Waals surface area (Å²) in [5, 5.41) is 6.47. The molecule has 0 aliphatic heterocycles. The highest BCUT2D eigenvalue weighted by Crippen LogP contribution is 2.33. The van der Waals surface area contributed by atoms with Gasteiger partial charge in [-0.3, -0.25) is 4.79 Å². The molecular formula is C32H36O2Si. The van der Waals surface area contributed by atoms with Crippen molar-refractivity contribution in [3.8, 4) is 0 Å². The quantitative estimate of drug-likeness (QED) is 0.0803. The average molecular weight is 481 g/mol. The lowest BCUT2D eigenvalue weighted by molar-refractivity contribution is -0.143. The highest BCUT2D eigenvalue weighted by Gasteiger charge is 2.36. The Morgan fingerprint density at radius 2 is 1.46 bits per heavy atom. The molecule has 0 fully saturated rings. The number of fused-ring (bicyclic) bond motifs is 2. The zero-order chi connectivity index (χ0) is 24.8. The van der Waals surface area contributed by atoms with E-state index in [1.165, 1.54) is 37.9 Å². The predicted molar refractivity (Wildman–Crippen MR) is 152 cm³/mol. The number of carbonyl (C=O) groups excluding carboxylic acids is 1. The van der Waals surface area contributed by atoms with Crippen LogP contribution in [-0.2, 0) is 16.0 Å². The number of ether oxygens (including phenoxy) is 1. The highest BCUT2D eigenvalue weighted by atomic mass is 28.3. The molecule has 0 saturated carbocycles. The molecule has 0 aliphatic carbocycles. The van der Waals surface area contributed by atoms with Gasteiger partial charge < -0.3 is 4.74 Å². The van der Waals surface area contributed by atoms with Crippen LogP contribution in [0.3, 0.4) is 0 Å². The maximum absolute atomic E-state index is 13.0. The van der Waals surface area contributed by atoms with Crippen molar-refractivity contribution in [1.29, 1.82) is 0 Å². The van der Waals surface area contributed by atoms with E-state index < -0.39 is 8.07 Å². The smallest absolute Gasteiger partial charge is 0.306 e. The van der Waals surface area contributed by atoms with Gasteiger partial charge in [0.15, 0.2) is 0 Å². The Balaban J connectivity index is 1.43. The third-order valence-electron chi connectivity index (χ3n) is 7.48. The topological polar surface area (TPSA) is 26.3 Å². The first-order valence-corrected chi connectivity index (χ1v) is 15.7. The molecule has 4 aromatic carbocycles. The van der Waals surface area contributed by atoms with Gasteiger partial charge in [-0.05, 0) is 65.4 Å². The van der Waals surface area contributed by atoms with Crippen molar-refractivity contribution >= 4 is 40.8 Å². The van der Waals surface area contributed by atoms with E-state index in [4.69, 9.17) is 4.74 Å². The largest absolute Gasteiger partial charge is 0.466 e. The Morgan fingerprint density at radius 1 is 0.886 bits per heavy atom. The number of allylic oxidation sites excluding steroid dienone is 2. The van der Waals surface area contributed by atoms with Gasteiger partial charge in [-0.2, -0.15) is 0 Å². The second kappa shape index (κ2) is 11.0. The van der Waals surface area contributed by atoms with Gasteiger partial charge in [-0.1, -0.05) is 109 Å². The number of aryl methyl sites for hydroxylation is 1. The zero-order valence-electron chi connectivity index (χ0n) is 21.4. The summed E-state index contributed by atoms with van der Waals surface area (Å²) >= 11 is 0. The van der Waals surface area contributed by atoms with Crippen molar-refractivity contribution in [3.05, 3.63) is 102 Å². The summed E-state index contributed by atoms with van der Waals surface area (Å²) in [6, 6.07) is 30.1. The Hall–Kier alpha value is -3.17. The fraction of sp³-hybridized carbons (Fsp3) is 0.281. The molecule has 0 spiro atoms. The predicted octanol–water partition coefficient (Wildman–Crippen LogP) is 7.81. The van der Waals surface area contributed by atoms with Gasteiger partial charge in [0.1, 0.15) is 0 Å². The van der Waals surface area contributed by atoms with E-state index in [1.54, 1.807) is 0 Å². The van der Waals surface area contributed by atoms with Crippen LogP contribution < -0.4 is 5.19 Å². The van der Waals surface area contributed by atoms with Gasteiger partial charge in [0, 0.05) is 6.42 Å². The summed E-state index contributed by atoms with van der Waals surface area (Å²) in [7, 11) is -1.89. The Labute approximate surface area is 210 Å². The fourth-order valence-electron chi connectivity index (χ4n) is 5.29. The van der Waals surface area contributed by atoms with Crippen LogP contribution in [0.15, 0.2) is 96.6 Å². The van der Waals surface area contributed by atoms with Crippen LogP contribution in [0.25, 0.3) is 21.5 Å². The fourth-order valence-corrected chi connectivity index (χ4v) is 8.73. The van der Waals surface area contributed by atoms with E-state index in [-0.39, 0.29) is 11.5 Å². The van der Waals surface area contributed by atoms with Gasteiger partial charge in [0.05, 0.1) is 14.7 Å². The molecule has 0 bridgehead atoms. The summed E-state index contributed by atoms with van der Waals surface area (Å²) in [5.74, 6) is -0.0875. The molecule has 0 N–H and O–H groups in total. The number of hydrogen-bond acceptors (Lipinski definition) is 2. The molecule has 3 heteroatoms. The number of esters is 1.